The first-order valence-electron chi connectivity index (χ1n) is 8.33. The van der Waals surface area contributed by atoms with Crippen molar-refractivity contribution in [1.29, 1.82) is 0 Å². The molecule has 0 aliphatic carbocycles. The zero-order valence-electron chi connectivity index (χ0n) is 14.4. The number of benzene rings is 2. The normalized spacial score (nSPS) is 15.7. The molecule has 3 nitrogen and oxygen atoms in total. The van der Waals surface area contributed by atoms with E-state index in [0.717, 1.165) is 38.5 Å². The van der Waals surface area contributed by atoms with Gasteiger partial charge in [-0.05, 0) is 48.7 Å². The van der Waals surface area contributed by atoms with E-state index in [-0.39, 0.29) is 0 Å². The number of hydrogen-bond acceptors (Lipinski definition) is 3. The van der Waals surface area contributed by atoms with Crippen LogP contribution < -0.4 is 9.64 Å². The molecule has 1 aliphatic rings. The second-order valence-corrected chi connectivity index (χ2v) is 6.40. The summed E-state index contributed by atoms with van der Waals surface area (Å²) in [6.45, 7) is 9.81. The minimum atomic E-state index is 0.925. The highest BCUT2D eigenvalue weighted by Crippen LogP contribution is 2.23. The van der Waals surface area contributed by atoms with E-state index >= 15 is 0 Å². The van der Waals surface area contributed by atoms with Crippen LogP contribution in [0.25, 0.3) is 0 Å². The molecule has 0 unspecified atom stereocenters. The third-order valence-corrected chi connectivity index (χ3v) is 4.64. The number of nitrogens with zero attached hydrogens (tertiary/aromatic N) is 2. The average Bonchev–Trinajstić information content (AvgIpc) is 2.58. The molecule has 0 bridgehead atoms. The molecule has 1 heterocycles. The van der Waals surface area contributed by atoms with Gasteiger partial charge < -0.3 is 9.64 Å². The summed E-state index contributed by atoms with van der Waals surface area (Å²) in [5, 5.41) is 0. The van der Waals surface area contributed by atoms with Gasteiger partial charge in [-0.2, -0.15) is 0 Å². The Hall–Kier alpha value is -2.00. The molecule has 0 radical (unpaired) electrons. The Kier molecular flexibility index (Phi) is 4.87. The summed E-state index contributed by atoms with van der Waals surface area (Å²) in [4.78, 5) is 5.05. The first-order chi connectivity index (χ1) is 11.2. The summed E-state index contributed by atoms with van der Waals surface area (Å²) in [6.07, 6.45) is 0. The quantitative estimate of drug-likeness (QED) is 0.857. The van der Waals surface area contributed by atoms with E-state index in [9.17, 15) is 0 Å². The fourth-order valence-electron chi connectivity index (χ4n) is 3.20. The first kappa shape index (κ1) is 15.9. The lowest BCUT2D eigenvalue weighted by Crippen LogP contribution is -2.46. The second-order valence-electron chi connectivity index (χ2n) is 6.40. The maximum absolute atomic E-state index is 5.22. The van der Waals surface area contributed by atoms with Crippen molar-refractivity contribution in [3.05, 3.63) is 59.2 Å². The van der Waals surface area contributed by atoms with Crippen LogP contribution >= 0.6 is 0 Å². The minimum Gasteiger partial charge on any atom is -0.497 e. The van der Waals surface area contributed by atoms with E-state index < -0.39 is 0 Å². The van der Waals surface area contributed by atoms with Crippen molar-refractivity contribution < 1.29 is 4.74 Å². The number of methoxy groups -OCH3 is 1. The van der Waals surface area contributed by atoms with Crippen LogP contribution in [-0.2, 0) is 6.54 Å². The van der Waals surface area contributed by atoms with Crippen molar-refractivity contribution in [3.63, 3.8) is 0 Å². The van der Waals surface area contributed by atoms with Gasteiger partial charge in [0.2, 0.25) is 0 Å². The summed E-state index contributed by atoms with van der Waals surface area (Å²) in [6, 6.07) is 15.1. The van der Waals surface area contributed by atoms with E-state index in [2.05, 4.69) is 54.0 Å². The molecule has 3 heteroatoms. The van der Waals surface area contributed by atoms with Crippen LogP contribution in [0, 0.1) is 13.8 Å². The van der Waals surface area contributed by atoms with Gasteiger partial charge in [0.25, 0.3) is 0 Å². The lowest BCUT2D eigenvalue weighted by molar-refractivity contribution is 0.249. The zero-order chi connectivity index (χ0) is 16.2. The summed E-state index contributed by atoms with van der Waals surface area (Å²) >= 11 is 0. The third-order valence-electron chi connectivity index (χ3n) is 4.64. The zero-order valence-corrected chi connectivity index (χ0v) is 14.4. The number of piperazine rings is 1. The van der Waals surface area contributed by atoms with Gasteiger partial charge in [-0.3, -0.25) is 4.90 Å². The maximum atomic E-state index is 5.22. The first-order valence-corrected chi connectivity index (χ1v) is 8.33. The molecule has 0 spiro atoms. The third kappa shape index (κ3) is 3.85. The van der Waals surface area contributed by atoms with Crippen LogP contribution in [0.15, 0.2) is 42.5 Å². The molecular weight excluding hydrogens is 284 g/mol. The Balaban J connectivity index is 1.58. The van der Waals surface area contributed by atoms with Crippen molar-refractivity contribution in [2.45, 2.75) is 20.4 Å². The van der Waals surface area contributed by atoms with Crippen molar-refractivity contribution in [2.24, 2.45) is 0 Å². The van der Waals surface area contributed by atoms with E-state index in [4.69, 9.17) is 4.74 Å². The summed E-state index contributed by atoms with van der Waals surface area (Å²) in [5.41, 5.74) is 5.46. The van der Waals surface area contributed by atoms with E-state index in [1.165, 1.54) is 22.4 Å². The van der Waals surface area contributed by atoms with Crippen LogP contribution in [0.4, 0.5) is 5.69 Å². The number of hydrogen-bond donors (Lipinski definition) is 0. The summed E-state index contributed by atoms with van der Waals surface area (Å²) in [7, 11) is 1.71. The Morgan fingerprint density at radius 2 is 1.61 bits per heavy atom. The Morgan fingerprint density at radius 1 is 0.913 bits per heavy atom. The Bertz CT molecular complexity index is 643. The van der Waals surface area contributed by atoms with Crippen LogP contribution in [-0.4, -0.2) is 38.2 Å². The van der Waals surface area contributed by atoms with E-state index in [0.29, 0.717) is 0 Å². The van der Waals surface area contributed by atoms with Gasteiger partial charge in [0.15, 0.2) is 0 Å². The molecule has 2 aromatic carbocycles. The molecule has 3 rings (SSSR count). The Labute approximate surface area is 139 Å². The summed E-state index contributed by atoms with van der Waals surface area (Å²) in [5.74, 6) is 0.925. The van der Waals surface area contributed by atoms with Crippen molar-refractivity contribution in [1.82, 2.24) is 4.90 Å². The highest BCUT2D eigenvalue weighted by molar-refractivity contribution is 5.55. The number of aryl methyl sites for hydroxylation is 2. The SMILES string of the molecule is COc1ccc(CN2CCN(c3cc(C)ccc3C)CC2)cc1. The van der Waals surface area contributed by atoms with Gasteiger partial charge >= 0.3 is 0 Å². The molecule has 2 aromatic rings. The van der Waals surface area contributed by atoms with Crippen LogP contribution in [0.3, 0.4) is 0 Å². The molecule has 0 saturated carbocycles. The lowest BCUT2D eigenvalue weighted by Gasteiger charge is -2.37. The molecule has 23 heavy (non-hydrogen) atoms. The highest BCUT2D eigenvalue weighted by Gasteiger charge is 2.18. The smallest absolute Gasteiger partial charge is 0.118 e. The number of rotatable bonds is 4. The van der Waals surface area contributed by atoms with Gasteiger partial charge in [-0.25, -0.2) is 0 Å². The topological polar surface area (TPSA) is 15.7 Å². The van der Waals surface area contributed by atoms with Crippen molar-refractivity contribution in [3.8, 4) is 5.75 Å². The van der Waals surface area contributed by atoms with Crippen LogP contribution in [0.1, 0.15) is 16.7 Å². The summed E-state index contributed by atoms with van der Waals surface area (Å²) < 4.78 is 5.22. The van der Waals surface area contributed by atoms with Crippen LogP contribution in [0.5, 0.6) is 5.75 Å². The lowest BCUT2D eigenvalue weighted by atomic mass is 10.1. The van der Waals surface area contributed by atoms with Crippen molar-refractivity contribution in [2.75, 3.05) is 38.2 Å². The molecule has 0 N–H and O–H groups in total. The van der Waals surface area contributed by atoms with Crippen LogP contribution in [0.2, 0.25) is 0 Å². The van der Waals surface area contributed by atoms with Gasteiger partial charge in [-0.1, -0.05) is 24.3 Å². The number of anilines is 1. The molecule has 0 aromatic heterocycles. The molecule has 1 fully saturated rings. The van der Waals surface area contributed by atoms with Crippen molar-refractivity contribution >= 4 is 5.69 Å². The minimum absolute atomic E-state index is 0.925. The monoisotopic (exact) mass is 310 g/mol. The predicted octanol–water partition coefficient (Wildman–Crippen LogP) is 3.63. The fourth-order valence-corrected chi connectivity index (χ4v) is 3.20. The number of ether oxygens (including phenoxy) is 1. The van der Waals surface area contributed by atoms with Gasteiger partial charge in [0.05, 0.1) is 7.11 Å². The predicted molar refractivity (Wildman–Crippen MR) is 96.4 cm³/mol. The molecular formula is C20H26N2O. The van der Waals surface area contributed by atoms with Gasteiger partial charge in [-0.15, -0.1) is 0 Å². The average molecular weight is 310 g/mol. The molecule has 1 aliphatic heterocycles. The Morgan fingerprint density at radius 3 is 2.26 bits per heavy atom. The highest BCUT2D eigenvalue weighted by atomic mass is 16.5. The van der Waals surface area contributed by atoms with Gasteiger partial charge in [0, 0.05) is 38.4 Å². The molecule has 1 saturated heterocycles. The molecule has 0 amide bonds. The molecule has 0 atom stereocenters. The van der Waals surface area contributed by atoms with E-state index in [1.54, 1.807) is 7.11 Å². The fraction of sp³-hybridized carbons (Fsp3) is 0.400. The van der Waals surface area contributed by atoms with Gasteiger partial charge in [0.1, 0.15) is 5.75 Å². The maximum Gasteiger partial charge on any atom is 0.118 e. The molecule has 122 valence electrons. The standard InChI is InChI=1S/C20H26N2O/c1-16-4-5-17(2)20(14-16)22-12-10-21(11-13-22)15-18-6-8-19(23-3)9-7-18/h4-9,14H,10-13,15H2,1-3H3. The van der Waals surface area contributed by atoms with E-state index in [1.807, 2.05) is 12.1 Å². The second kappa shape index (κ2) is 7.05. The largest absolute Gasteiger partial charge is 0.497 e.